The molecule has 1 aliphatic carbocycles. The van der Waals surface area contributed by atoms with Crippen LogP contribution in [0.25, 0.3) is 6.08 Å². The van der Waals surface area contributed by atoms with Crippen molar-refractivity contribution in [2.75, 3.05) is 5.73 Å². The highest BCUT2D eigenvalue weighted by Crippen LogP contribution is 2.30. The molecule has 1 nitrogen and oxygen atoms in total. The van der Waals surface area contributed by atoms with Gasteiger partial charge in [0.25, 0.3) is 0 Å². The highest BCUT2D eigenvalue weighted by atomic mass is 14.5. The average Bonchev–Trinajstić information content (AvgIpc) is 2.47. The quantitative estimate of drug-likeness (QED) is 0.557. The molecular formula is C19H17N. The van der Waals surface area contributed by atoms with Crippen LogP contribution in [0.5, 0.6) is 0 Å². The van der Waals surface area contributed by atoms with Gasteiger partial charge < -0.3 is 5.73 Å². The maximum absolute atomic E-state index is 5.68. The van der Waals surface area contributed by atoms with Crippen LogP contribution in [-0.2, 0) is 0 Å². The fraction of sp³-hybridized carbons (Fsp3) is 0.158. The van der Waals surface area contributed by atoms with Gasteiger partial charge in [0.2, 0.25) is 0 Å². The Hall–Kier alpha value is -2.46. The van der Waals surface area contributed by atoms with Crippen LogP contribution in [0, 0.1) is 11.8 Å². The van der Waals surface area contributed by atoms with Gasteiger partial charge in [0.1, 0.15) is 0 Å². The van der Waals surface area contributed by atoms with Crippen molar-refractivity contribution in [2.24, 2.45) is 0 Å². The van der Waals surface area contributed by atoms with Crippen LogP contribution in [-0.4, -0.2) is 0 Å². The molecule has 0 saturated heterocycles. The van der Waals surface area contributed by atoms with Crippen molar-refractivity contribution in [1.82, 2.24) is 0 Å². The summed E-state index contributed by atoms with van der Waals surface area (Å²) in [5.41, 5.74) is 11.2. The van der Waals surface area contributed by atoms with Gasteiger partial charge in [-0.25, -0.2) is 0 Å². The molecule has 1 atom stereocenters. The number of hydrogen-bond donors (Lipinski definition) is 1. The van der Waals surface area contributed by atoms with Crippen LogP contribution in [0.3, 0.4) is 0 Å². The summed E-state index contributed by atoms with van der Waals surface area (Å²) in [4.78, 5) is 0. The normalized spacial score (nSPS) is 16.1. The van der Waals surface area contributed by atoms with Gasteiger partial charge in [0, 0.05) is 16.8 Å². The van der Waals surface area contributed by atoms with Crippen LogP contribution < -0.4 is 5.73 Å². The maximum atomic E-state index is 5.68. The smallest absolute Gasteiger partial charge is 0.0324 e. The first-order chi connectivity index (χ1) is 9.74. The molecule has 1 unspecified atom stereocenters. The Morgan fingerprint density at radius 1 is 1.05 bits per heavy atom. The van der Waals surface area contributed by atoms with E-state index in [2.05, 4.69) is 49.1 Å². The number of anilines is 1. The van der Waals surface area contributed by atoms with Gasteiger partial charge in [0.15, 0.2) is 0 Å². The summed E-state index contributed by atoms with van der Waals surface area (Å²) in [6.07, 6.45) is 5.55. The molecular weight excluding hydrogens is 242 g/mol. The van der Waals surface area contributed by atoms with E-state index in [9.17, 15) is 0 Å². The molecule has 2 N–H and O–H groups in total. The molecule has 3 rings (SSSR count). The standard InChI is InChI=1S/C19H17N/c1-14-4-2-7-19-16(5-3-6-18(14)19)11-8-15-9-12-17(20)13-10-15/h2-3,5-7,9-10,12-14H,4,20H2,1H3. The molecule has 98 valence electrons. The van der Waals surface area contributed by atoms with Crippen LogP contribution in [0.4, 0.5) is 5.69 Å². The molecule has 0 bridgehead atoms. The summed E-state index contributed by atoms with van der Waals surface area (Å²) in [6.45, 7) is 2.26. The van der Waals surface area contributed by atoms with Crippen molar-refractivity contribution < 1.29 is 0 Å². The Balaban J connectivity index is 1.99. The first-order valence-electron chi connectivity index (χ1n) is 6.91. The molecule has 0 radical (unpaired) electrons. The lowest BCUT2D eigenvalue weighted by molar-refractivity contribution is 0.771. The Bertz CT molecular complexity index is 712. The first kappa shape index (κ1) is 12.6. The SMILES string of the molecule is CC1CC=Cc2c(C#Cc3ccc(N)cc3)cccc21. The summed E-state index contributed by atoms with van der Waals surface area (Å²) in [5.74, 6) is 7.08. The van der Waals surface area contributed by atoms with E-state index >= 15 is 0 Å². The summed E-state index contributed by atoms with van der Waals surface area (Å²) < 4.78 is 0. The van der Waals surface area contributed by atoms with E-state index in [-0.39, 0.29) is 0 Å². The van der Waals surface area contributed by atoms with E-state index in [0.717, 1.165) is 23.2 Å². The lowest BCUT2D eigenvalue weighted by Gasteiger charge is -2.18. The van der Waals surface area contributed by atoms with E-state index in [1.54, 1.807) is 0 Å². The van der Waals surface area contributed by atoms with Crippen molar-refractivity contribution in [3.8, 4) is 11.8 Å². The molecule has 0 amide bonds. The van der Waals surface area contributed by atoms with Gasteiger partial charge in [-0.05, 0) is 53.8 Å². The fourth-order valence-corrected chi connectivity index (χ4v) is 2.53. The average molecular weight is 259 g/mol. The molecule has 0 saturated carbocycles. The molecule has 20 heavy (non-hydrogen) atoms. The number of allylic oxidation sites excluding steroid dienone is 1. The Kier molecular flexibility index (Phi) is 3.31. The Morgan fingerprint density at radius 3 is 2.65 bits per heavy atom. The second-order valence-corrected chi connectivity index (χ2v) is 5.22. The zero-order valence-corrected chi connectivity index (χ0v) is 11.6. The molecule has 0 aromatic heterocycles. The molecule has 2 aromatic carbocycles. The highest BCUT2D eigenvalue weighted by Gasteiger charge is 2.13. The summed E-state index contributed by atoms with van der Waals surface area (Å²) in [6, 6.07) is 14.1. The fourth-order valence-electron chi connectivity index (χ4n) is 2.53. The number of hydrogen-bond acceptors (Lipinski definition) is 1. The second-order valence-electron chi connectivity index (χ2n) is 5.22. The third kappa shape index (κ3) is 2.46. The molecule has 1 heteroatoms. The summed E-state index contributed by atoms with van der Waals surface area (Å²) in [5, 5.41) is 0. The third-order valence-corrected chi connectivity index (χ3v) is 3.70. The lowest BCUT2D eigenvalue weighted by Crippen LogP contribution is -2.01. The van der Waals surface area contributed by atoms with E-state index in [1.165, 1.54) is 11.1 Å². The monoisotopic (exact) mass is 259 g/mol. The number of benzene rings is 2. The van der Waals surface area contributed by atoms with Crippen LogP contribution >= 0.6 is 0 Å². The van der Waals surface area contributed by atoms with Crippen molar-refractivity contribution in [3.63, 3.8) is 0 Å². The van der Waals surface area contributed by atoms with Crippen LogP contribution in [0.15, 0.2) is 48.5 Å². The Morgan fingerprint density at radius 2 is 1.85 bits per heavy atom. The predicted octanol–water partition coefficient (Wildman–Crippen LogP) is 4.19. The van der Waals surface area contributed by atoms with Crippen molar-refractivity contribution in [3.05, 3.63) is 70.8 Å². The third-order valence-electron chi connectivity index (χ3n) is 3.70. The minimum atomic E-state index is 0.577. The summed E-state index contributed by atoms with van der Waals surface area (Å²) in [7, 11) is 0. The van der Waals surface area contributed by atoms with Gasteiger partial charge in [-0.15, -0.1) is 0 Å². The minimum absolute atomic E-state index is 0.577. The Labute approximate surface area is 120 Å². The van der Waals surface area contributed by atoms with Gasteiger partial charge >= 0.3 is 0 Å². The largest absolute Gasteiger partial charge is 0.399 e. The van der Waals surface area contributed by atoms with Crippen molar-refractivity contribution in [1.29, 1.82) is 0 Å². The number of rotatable bonds is 0. The molecule has 1 aliphatic rings. The lowest BCUT2D eigenvalue weighted by atomic mass is 9.86. The first-order valence-corrected chi connectivity index (χ1v) is 6.91. The number of nitrogen functional groups attached to an aromatic ring is 1. The van der Waals surface area contributed by atoms with E-state index in [1.807, 2.05) is 24.3 Å². The van der Waals surface area contributed by atoms with Crippen molar-refractivity contribution in [2.45, 2.75) is 19.3 Å². The second kappa shape index (κ2) is 5.27. The van der Waals surface area contributed by atoms with E-state index < -0.39 is 0 Å². The van der Waals surface area contributed by atoms with Crippen LogP contribution in [0.2, 0.25) is 0 Å². The predicted molar refractivity (Wildman–Crippen MR) is 85.3 cm³/mol. The van der Waals surface area contributed by atoms with E-state index in [4.69, 9.17) is 5.73 Å². The maximum Gasteiger partial charge on any atom is 0.0324 e. The minimum Gasteiger partial charge on any atom is -0.399 e. The van der Waals surface area contributed by atoms with Crippen LogP contribution in [0.1, 0.15) is 41.5 Å². The van der Waals surface area contributed by atoms with E-state index in [0.29, 0.717) is 5.92 Å². The van der Waals surface area contributed by atoms with Gasteiger partial charge in [0.05, 0.1) is 0 Å². The van der Waals surface area contributed by atoms with Gasteiger partial charge in [-0.1, -0.05) is 43.0 Å². The molecule has 0 spiro atoms. The molecule has 0 heterocycles. The molecule has 0 aliphatic heterocycles. The topological polar surface area (TPSA) is 26.0 Å². The van der Waals surface area contributed by atoms with Crippen molar-refractivity contribution >= 4 is 11.8 Å². The van der Waals surface area contributed by atoms with Gasteiger partial charge in [-0.2, -0.15) is 0 Å². The summed E-state index contributed by atoms with van der Waals surface area (Å²) >= 11 is 0. The highest BCUT2D eigenvalue weighted by molar-refractivity contribution is 5.66. The zero-order chi connectivity index (χ0) is 13.9. The molecule has 0 fully saturated rings. The van der Waals surface area contributed by atoms with Gasteiger partial charge in [-0.3, -0.25) is 0 Å². The molecule has 2 aromatic rings. The zero-order valence-electron chi connectivity index (χ0n) is 11.6. The number of nitrogens with two attached hydrogens (primary N) is 1. The number of fused-ring (bicyclic) bond motifs is 1.